The van der Waals surface area contributed by atoms with E-state index in [1.165, 1.54) is 4.88 Å². The van der Waals surface area contributed by atoms with Crippen LogP contribution in [-0.4, -0.2) is 37.7 Å². The Bertz CT molecular complexity index is 648. The number of rotatable bonds is 8. The van der Waals surface area contributed by atoms with Gasteiger partial charge in [0.15, 0.2) is 5.96 Å². The Morgan fingerprint density at radius 2 is 1.96 bits per heavy atom. The molecule has 0 amide bonds. The number of ether oxygens (including phenoxy) is 1. The van der Waals surface area contributed by atoms with Crippen LogP contribution in [0.15, 0.2) is 35.5 Å². The monoisotopic (exact) mass is 494 g/mol. The summed E-state index contributed by atoms with van der Waals surface area (Å²) in [4.78, 5) is 9.94. The van der Waals surface area contributed by atoms with Crippen molar-refractivity contribution in [3.8, 4) is 5.75 Å². The van der Waals surface area contributed by atoms with E-state index >= 15 is 0 Å². The van der Waals surface area contributed by atoms with Crippen molar-refractivity contribution >= 4 is 52.9 Å². The van der Waals surface area contributed by atoms with Gasteiger partial charge in [-0.25, -0.2) is 4.98 Å². The quantitative estimate of drug-likeness (QED) is 0.254. The van der Waals surface area contributed by atoms with Gasteiger partial charge in [-0.2, -0.15) is 0 Å². The zero-order valence-corrected chi connectivity index (χ0v) is 18.3. The molecule has 0 bridgehead atoms. The minimum atomic E-state index is 0. The number of nitrogens with one attached hydrogen (secondary N) is 2. The summed E-state index contributed by atoms with van der Waals surface area (Å²) < 4.78 is 5.63. The van der Waals surface area contributed by atoms with Gasteiger partial charge in [0, 0.05) is 36.1 Å². The molecular formula is C17H24ClIN4OS. The highest BCUT2D eigenvalue weighted by Gasteiger charge is 2.02. The third-order valence-electron chi connectivity index (χ3n) is 3.28. The third kappa shape index (κ3) is 8.24. The molecule has 0 atom stereocenters. The van der Waals surface area contributed by atoms with Crippen molar-refractivity contribution in [2.75, 3.05) is 26.7 Å². The number of aliphatic imine (C=N–C) groups is 1. The molecule has 0 saturated carbocycles. The van der Waals surface area contributed by atoms with E-state index in [9.17, 15) is 0 Å². The lowest BCUT2D eigenvalue weighted by Gasteiger charge is -2.12. The van der Waals surface area contributed by atoms with Gasteiger partial charge in [0.2, 0.25) is 0 Å². The number of thiazole rings is 1. The molecule has 1 aromatic heterocycles. The highest BCUT2D eigenvalue weighted by molar-refractivity contribution is 14.0. The first-order valence-corrected chi connectivity index (χ1v) is 9.17. The van der Waals surface area contributed by atoms with Crippen molar-refractivity contribution in [3.63, 3.8) is 0 Å². The second kappa shape index (κ2) is 12.3. The van der Waals surface area contributed by atoms with Crippen molar-refractivity contribution in [1.82, 2.24) is 15.6 Å². The van der Waals surface area contributed by atoms with Crippen molar-refractivity contribution in [2.24, 2.45) is 4.99 Å². The number of benzene rings is 1. The molecular weight excluding hydrogens is 471 g/mol. The maximum Gasteiger partial charge on any atom is 0.191 e. The van der Waals surface area contributed by atoms with Gasteiger partial charge >= 0.3 is 0 Å². The fraction of sp³-hybridized carbons (Fsp3) is 0.412. The molecule has 25 heavy (non-hydrogen) atoms. The first-order valence-electron chi connectivity index (χ1n) is 7.97. The van der Waals surface area contributed by atoms with Crippen LogP contribution in [0.3, 0.4) is 0 Å². The summed E-state index contributed by atoms with van der Waals surface area (Å²) in [6.45, 7) is 4.16. The van der Waals surface area contributed by atoms with Gasteiger partial charge in [-0.05, 0) is 30.7 Å². The predicted octanol–water partition coefficient (Wildman–Crippen LogP) is 3.76. The number of halogens is 2. The summed E-state index contributed by atoms with van der Waals surface area (Å²) in [6.07, 6.45) is 3.90. The molecule has 2 N–H and O–H groups in total. The van der Waals surface area contributed by atoms with Gasteiger partial charge in [0.1, 0.15) is 12.4 Å². The zero-order valence-electron chi connectivity index (χ0n) is 14.4. The first kappa shape index (κ1) is 22.0. The number of hydrogen-bond donors (Lipinski definition) is 2. The van der Waals surface area contributed by atoms with E-state index in [4.69, 9.17) is 16.3 Å². The fourth-order valence-corrected chi connectivity index (χ4v) is 2.99. The van der Waals surface area contributed by atoms with Gasteiger partial charge in [-0.1, -0.05) is 18.5 Å². The average Bonchev–Trinajstić information content (AvgIpc) is 3.06. The Morgan fingerprint density at radius 1 is 1.24 bits per heavy atom. The van der Waals surface area contributed by atoms with Crippen molar-refractivity contribution in [2.45, 2.75) is 19.8 Å². The molecule has 1 heterocycles. The van der Waals surface area contributed by atoms with E-state index in [-0.39, 0.29) is 24.0 Å². The topological polar surface area (TPSA) is 58.5 Å². The maximum atomic E-state index is 5.84. The maximum absolute atomic E-state index is 5.84. The normalized spacial score (nSPS) is 10.9. The second-order valence-corrected chi connectivity index (χ2v) is 6.69. The molecule has 0 spiro atoms. The molecule has 138 valence electrons. The largest absolute Gasteiger partial charge is 0.492 e. The summed E-state index contributed by atoms with van der Waals surface area (Å²) in [5.41, 5.74) is 0. The van der Waals surface area contributed by atoms with E-state index in [1.54, 1.807) is 18.4 Å². The minimum absolute atomic E-state index is 0. The number of aryl methyl sites for hydroxylation is 1. The molecule has 0 aliphatic rings. The Labute approximate surface area is 175 Å². The molecule has 2 aromatic rings. The molecule has 0 aliphatic carbocycles. The molecule has 5 nitrogen and oxygen atoms in total. The Balaban J connectivity index is 0.00000312. The lowest BCUT2D eigenvalue weighted by molar-refractivity contribution is 0.322. The number of aromatic nitrogens is 1. The highest BCUT2D eigenvalue weighted by Crippen LogP contribution is 2.15. The Kier molecular flexibility index (Phi) is 10.8. The van der Waals surface area contributed by atoms with Crippen LogP contribution < -0.4 is 15.4 Å². The SMILES string of the molecule is CCc1cnc(CCNC(=NC)NCCOc2ccc(Cl)cc2)s1.I. The first-order chi connectivity index (χ1) is 11.7. The molecule has 2 rings (SSSR count). The molecule has 0 fully saturated rings. The molecule has 0 radical (unpaired) electrons. The van der Waals surface area contributed by atoms with Gasteiger partial charge in [-0.15, -0.1) is 35.3 Å². The standard InChI is InChI=1S/C17H23ClN4OS.HI/c1-3-15-12-22-16(24-15)8-9-20-17(19-2)21-10-11-23-14-6-4-13(18)5-7-14;/h4-7,12H,3,8-11H2,1-2H3,(H2,19,20,21);1H. The van der Waals surface area contributed by atoms with Crippen molar-refractivity contribution in [1.29, 1.82) is 0 Å². The third-order valence-corrected chi connectivity index (χ3v) is 4.74. The van der Waals surface area contributed by atoms with Gasteiger partial charge < -0.3 is 15.4 Å². The van der Waals surface area contributed by atoms with E-state index in [0.717, 1.165) is 36.1 Å². The van der Waals surface area contributed by atoms with Crippen LogP contribution in [0.1, 0.15) is 16.8 Å². The van der Waals surface area contributed by atoms with Crippen LogP contribution in [0.25, 0.3) is 0 Å². The number of hydrogen-bond acceptors (Lipinski definition) is 4. The van der Waals surface area contributed by atoms with Gasteiger partial charge in [0.25, 0.3) is 0 Å². The van der Waals surface area contributed by atoms with E-state index < -0.39 is 0 Å². The fourth-order valence-electron chi connectivity index (χ4n) is 2.00. The van der Waals surface area contributed by atoms with Crippen LogP contribution in [0.4, 0.5) is 0 Å². The summed E-state index contributed by atoms with van der Waals surface area (Å²) >= 11 is 7.61. The zero-order chi connectivity index (χ0) is 17.2. The van der Waals surface area contributed by atoms with Crippen LogP contribution >= 0.6 is 46.9 Å². The van der Waals surface area contributed by atoms with Crippen LogP contribution in [0.5, 0.6) is 5.75 Å². The summed E-state index contributed by atoms with van der Waals surface area (Å²) in [5, 5.41) is 8.37. The molecule has 8 heteroatoms. The predicted molar refractivity (Wildman–Crippen MR) is 117 cm³/mol. The lowest BCUT2D eigenvalue weighted by atomic mass is 10.3. The van der Waals surface area contributed by atoms with Crippen LogP contribution in [0, 0.1) is 0 Å². The minimum Gasteiger partial charge on any atom is -0.492 e. The van der Waals surface area contributed by atoms with E-state index in [0.29, 0.717) is 18.2 Å². The van der Waals surface area contributed by atoms with Gasteiger partial charge in [-0.3, -0.25) is 4.99 Å². The lowest BCUT2D eigenvalue weighted by Crippen LogP contribution is -2.40. The number of guanidine groups is 1. The van der Waals surface area contributed by atoms with Gasteiger partial charge in [0.05, 0.1) is 11.6 Å². The van der Waals surface area contributed by atoms with E-state index in [1.807, 2.05) is 30.5 Å². The average molecular weight is 495 g/mol. The summed E-state index contributed by atoms with van der Waals surface area (Å²) in [5.74, 6) is 1.57. The second-order valence-electron chi connectivity index (χ2n) is 5.05. The van der Waals surface area contributed by atoms with Crippen LogP contribution in [0.2, 0.25) is 5.02 Å². The smallest absolute Gasteiger partial charge is 0.191 e. The highest BCUT2D eigenvalue weighted by atomic mass is 127. The molecule has 0 saturated heterocycles. The molecule has 1 aromatic carbocycles. The molecule has 0 aliphatic heterocycles. The Hall–Kier alpha value is -1.06. The summed E-state index contributed by atoms with van der Waals surface area (Å²) in [7, 11) is 1.76. The number of nitrogens with zero attached hydrogens (tertiary/aromatic N) is 2. The summed E-state index contributed by atoms with van der Waals surface area (Å²) in [6, 6.07) is 7.34. The van der Waals surface area contributed by atoms with Crippen molar-refractivity contribution < 1.29 is 4.74 Å². The van der Waals surface area contributed by atoms with Crippen LogP contribution in [-0.2, 0) is 12.8 Å². The van der Waals surface area contributed by atoms with E-state index in [2.05, 4.69) is 27.5 Å². The Morgan fingerprint density at radius 3 is 2.60 bits per heavy atom. The van der Waals surface area contributed by atoms with Crippen molar-refractivity contribution in [3.05, 3.63) is 45.4 Å². The molecule has 0 unspecified atom stereocenters.